The Labute approximate surface area is 271 Å². The third kappa shape index (κ3) is 15.3. The highest BCUT2D eigenvalue weighted by molar-refractivity contribution is 5.71. The highest BCUT2D eigenvalue weighted by Crippen LogP contribution is 2.28. The molecule has 0 N–H and O–H groups in total. The Bertz CT molecular complexity index is 980. The van der Waals surface area contributed by atoms with Gasteiger partial charge in [0.2, 0.25) is 0 Å². The maximum atomic E-state index is 6.01. The molecule has 0 heterocycles. The molecule has 0 saturated carbocycles. The lowest BCUT2D eigenvalue weighted by molar-refractivity contribution is 0.304. The second-order valence-corrected chi connectivity index (χ2v) is 12.7. The van der Waals surface area contributed by atoms with E-state index < -0.39 is 0 Å². The van der Waals surface area contributed by atoms with Crippen molar-refractivity contribution in [2.75, 3.05) is 13.2 Å². The minimum absolute atomic E-state index is 0.813. The lowest BCUT2D eigenvalue weighted by Gasteiger charge is -2.09. The highest BCUT2D eigenvalue weighted by atomic mass is 16.5. The van der Waals surface area contributed by atoms with Crippen molar-refractivity contribution >= 4 is 0 Å². The van der Waals surface area contributed by atoms with Crippen molar-refractivity contribution in [2.45, 2.75) is 142 Å². The molecular formula is C42H62O2. The van der Waals surface area contributed by atoms with E-state index >= 15 is 0 Å². The molecule has 0 aliphatic carbocycles. The summed E-state index contributed by atoms with van der Waals surface area (Å²) >= 11 is 0. The van der Waals surface area contributed by atoms with Crippen molar-refractivity contribution in [2.24, 2.45) is 0 Å². The van der Waals surface area contributed by atoms with E-state index in [1.165, 1.54) is 138 Å². The van der Waals surface area contributed by atoms with E-state index in [9.17, 15) is 0 Å². The molecule has 0 saturated heterocycles. The summed E-state index contributed by atoms with van der Waals surface area (Å²) < 4.78 is 12.0. The number of rotatable bonds is 26. The Morgan fingerprint density at radius 2 is 0.523 bits per heavy atom. The molecule has 242 valence electrons. The van der Waals surface area contributed by atoms with Gasteiger partial charge in [-0.2, -0.15) is 0 Å². The normalized spacial score (nSPS) is 11.1. The van der Waals surface area contributed by atoms with Gasteiger partial charge in [-0.25, -0.2) is 0 Å². The second kappa shape index (κ2) is 23.6. The van der Waals surface area contributed by atoms with Gasteiger partial charge in [-0.05, 0) is 59.4 Å². The molecule has 0 amide bonds. The minimum Gasteiger partial charge on any atom is -0.494 e. The number of ether oxygens (including phenoxy) is 2. The number of benzene rings is 3. The fourth-order valence-electron chi connectivity index (χ4n) is 5.90. The van der Waals surface area contributed by atoms with Crippen LogP contribution in [0.15, 0.2) is 72.8 Å². The molecule has 3 aromatic carbocycles. The minimum atomic E-state index is 0.813. The van der Waals surface area contributed by atoms with Crippen LogP contribution in [-0.2, 0) is 0 Å². The van der Waals surface area contributed by atoms with Gasteiger partial charge in [-0.15, -0.1) is 0 Å². The molecule has 44 heavy (non-hydrogen) atoms. The average Bonchev–Trinajstić information content (AvgIpc) is 3.07. The maximum Gasteiger partial charge on any atom is 0.119 e. The van der Waals surface area contributed by atoms with Gasteiger partial charge >= 0.3 is 0 Å². The molecule has 0 aromatic heterocycles. The summed E-state index contributed by atoms with van der Waals surface area (Å²) in [7, 11) is 0. The smallest absolute Gasteiger partial charge is 0.119 e. The zero-order chi connectivity index (χ0) is 30.9. The summed E-state index contributed by atoms with van der Waals surface area (Å²) in [5.41, 5.74) is 4.90. The van der Waals surface area contributed by atoms with E-state index in [-0.39, 0.29) is 0 Å². The van der Waals surface area contributed by atoms with E-state index in [0.29, 0.717) is 0 Å². The summed E-state index contributed by atoms with van der Waals surface area (Å²) in [5.74, 6) is 1.94. The monoisotopic (exact) mass is 598 g/mol. The quantitative estimate of drug-likeness (QED) is 0.0856. The van der Waals surface area contributed by atoms with E-state index in [4.69, 9.17) is 9.47 Å². The van der Waals surface area contributed by atoms with Crippen LogP contribution in [0.2, 0.25) is 0 Å². The first-order valence-electron chi connectivity index (χ1n) is 18.4. The van der Waals surface area contributed by atoms with Crippen LogP contribution in [0.5, 0.6) is 11.5 Å². The van der Waals surface area contributed by atoms with E-state index in [2.05, 4.69) is 86.6 Å². The molecule has 2 nitrogen and oxygen atoms in total. The molecule has 0 aliphatic heterocycles. The van der Waals surface area contributed by atoms with Gasteiger partial charge in [0, 0.05) is 0 Å². The summed E-state index contributed by atoms with van der Waals surface area (Å²) in [6, 6.07) is 26.0. The van der Waals surface area contributed by atoms with E-state index in [0.717, 1.165) is 37.6 Å². The maximum absolute atomic E-state index is 6.01. The molecule has 0 spiro atoms. The Morgan fingerprint density at radius 3 is 0.795 bits per heavy atom. The molecule has 0 radical (unpaired) electrons. The molecule has 3 rings (SSSR count). The van der Waals surface area contributed by atoms with E-state index in [1.807, 2.05) is 0 Å². The Hall–Kier alpha value is -2.74. The van der Waals surface area contributed by atoms with Gasteiger partial charge in [0.15, 0.2) is 0 Å². The van der Waals surface area contributed by atoms with Gasteiger partial charge in [0.25, 0.3) is 0 Å². The number of unbranched alkanes of at least 4 members (excludes halogenated alkanes) is 18. The predicted molar refractivity (Wildman–Crippen MR) is 192 cm³/mol. The van der Waals surface area contributed by atoms with Crippen LogP contribution < -0.4 is 9.47 Å². The SMILES string of the molecule is CCCCCCCCCCCCOc1ccc(-c2ccc(-c3ccc(OCCCCCCCCCCCC)cc3)cc2)cc1. The van der Waals surface area contributed by atoms with Crippen LogP contribution in [0.4, 0.5) is 0 Å². The topological polar surface area (TPSA) is 18.5 Å². The third-order valence-corrected chi connectivity index (χ3v) is 8.79. The molecule has 2 heteroatoms. The first-order chi connectivity index (χ1) is 21.8. The van der Waals surface area contributed by atoms with Crippen LogP contribution >= 0.6 is 0 Å². The Kier molecular flexibility index (Phi) is 19.2. The second-order valence-electron chi connectivity index (χ2n) is 12.7. The van der Waals surface area contributed by atoms with Crippen molar-refractivity contribution in [3.8, 4) is 33.8 Å². The zero-order valence-corrected chi connectivity index (χ0v) is 28.3. The van der Waals surface area contributed by atoms with Gasteiger partial charge in [-0.1, -0.05) is 178 Å². The van der Waals surface area contributed by atoms with Crippen LogP contribution in [-0.4, -0.2) is 13.2 Å². The average molecular weight is 599 g/mol. The summed E-state index contributed by atoms with van der Waals surface area (Å²) in [4.78, 5) is 0. The number of hydrogen-bond acceptors (Lipinski definition) is 2. The first kappa shape index (κ1) is 35.7. The third-order valence-electron chi connectivity index (χ3n) is 8.79. The molecule has 0 atom stereocenters. The van der Waals surface area contributed by atoms with E-state index in [1.54, 1.807) is 0 Å². The highest BCUT2D eigenvalue weighted by Gasteiger charge is 2.03. The summed E-state index contributed by atoms with van der Waals surface area (Å²) in [6.07, 6.45) is 27.0. The molecule has 0 unspecified atom stereocenters. The van der Waals surface area contributed by atoms with Crippen LogP contribution in [0, 0.1) is 0 Å². The van der Waals surface area contributed by atoms with Crippen LogP contribution in [0.1, 0.15) is 142 Å². The van der Waals surface area contributed by atoms with Gasteiger partial charge < -0.3 is 9.47 Å². The van der Waals surface area contributed by atoms with Crippen molar-refractivity contribution < 1.29 is 9.47 Å². The molecule has 3 aromatic rings. The van der Waals surface area contributed by atoms with Crippen LogP contribution in [0.3, 0.4) is 0 Å². The number of hydrogen-bond donors (Lipinski definition) is 0. The molecule has 0 fully saturated rings. The van der Waals surface area contributed by atoms with Crippen molar-refractivity contribution in [3.63, 3.8) is 0 Å². The first-order valence-corrected chi connectivity index (χ1v) is 18.4. The van der Waals surface area contributed by atoms with Crippen molar-refractivity contribution in [1.82, 2.24) is 0 Å². The molecule has 0 bridgehead atoms. The predicted octanol–water partition coefficient (Wildman–Crippen LogP) is 13.6. The van der Waals surface area contributed by atoms with Gasteiger partial charge in [0.1, 0.15) is 11.5 Å². The fraction of sp³-hybridized carbons (Fsp3) is 0.571. The molecular weight excluding hydrogens is 536 g/mol. The standard InChI is InChI=1S/C42H62O2/c1-3-5-7-9-11-13-15-17-19-21-35-43-41-31-27-39(28-32-41)37-23-25-38(26-24-37)40-29-33-42(34-30-40)44-36-22-20-18-16-14-12-10-8-6-4-2/h23-34H,3-22,35-36H2,1-2H3. The Morgan fingerprint density at radius 1 is 0.295 bits per heavy atom. The Balaban J connectivity index is 1.28. The van der Waals surface area contributed by atoms with Gasteiger partial charge in [0.05, 0.1) is 13.2 Å². The van der Waals surface area contributed by atoms with Crippen molar-refractivity contribution in [1.29, 1.82) is 0 Å². The molecule has 0 aliphatic rings. The summed E-state index contributed by atoms with van der Waals surface area (Å²) in [6.45, 7) is 6.19. The zero-order valence-electron chi connectivity index (χ0n) is 28.3. The van der Waals surface area contributed by atoms with Crippen molar-refractivity contribution in [3.05, 3.63) is 72.8 Å². The van der Waals surface area contributed by atoms with Gasteiger partial charge in [-0.3, -0.25) is 0 Å². The van der Waals surface area contributed by atoms with Crippen LogP contribution in [0.25, 0.3) is 22.3 Å². The lowest BCUT2D eigenvalue weighted by Crippen LogP contribution is -1.97. The largest absolute Gasteiger partial charge is 0.494 e. The fourth-order valence-corrected chi connectivity index (χ4v) is 5.90. The summed E-state index contributed by atoms with van der Waals surface area (Å²) in [5, 5.41) is 0. The lowest BCUT2D eigenvalue weighted by atomic mass is 10.0.